The molecule has 0 aliphatic carbocycles. The molecule has 0 saturated carbocycles. The van der Waals surface area contributed by atoms with Gasteiger partial charge in [-0.25, -0.2) is 9.50 Å². The number of hydrogen-bond donors (Lipinski definition) is 0. The molecule has 0 atom stereocenters. The minimum atomic E-state index is -0.0995. The predicted molar refractivity (Wildman–Crippen MR) is 110 cm³/mol. The van der Waals surface area contributed by atoms with E-state index in [4.69, 9.17) is 0 Å². The Labute approximate surface area is 163 Å². The van der Waals surface area contributed by atoms with Crippen LogP contribution in [-0.2, 0) is 6.42 Å². The van der Waals surface area contributed by atoms with Gasteiger partial charge in [0, 0.05) is 12.3 Å². The van der Waals surface area contributed by atoms with Gasteiger partial charge in [-0.3, -0.25) is 14.2 Å². The number of rotatable bonds is 5. The molecule has 4 aromatic heterocycles. The third kappa shape index (κ3) is 3.53. The second-order valence-corrected chi connectivity index (χ2v) is 7.48. The molecule has 0 unspecified atom stereocenters. The van der Waals surface area contributed by atoms with E-state index in [0.717, 1.165) is 41.9 Å². The Hall–Kier alpha value is -3.06. The van der Waals surface area contributed by atoms with Gasteiger partial charge in [-0.05, 0) is 65.0 Å². The van der Waals surface area contributed by atoms with Crippen molar-refractivity contribution in [3.63, 3.8) is 0 Å². The number of aryl methyl sites for hydroxylation is 3. The van der Waals surface area contributed by atoms with Crippen molar-refractivity contribution < 1.29 is 0 Å². The predicted octanol–water partition coefficient (Wildman–Crippen LogP) is 2.52. The van der Waals surface area contributed by atoms with Crippen LogP contribution in [0.4, 0.5) is 0 Å². The zero-order chi connectivity index (χ0) is 19.8. The molecule has 0 spiro atoms. The number of hydrogen-bond acceptors (Lipinski definition) is 5. The maximum atomic E-state index is 12.7. The van der Waals surface area contributed by atoms with Gasteiger partial charge in [0.1, 0.15) is 11.3 Å². The summed E-state index contributed by atoms with van der Waals surface area (Å²) in [6.07, 6.45) is 5.75. The largest absolute Gasteiger partial charge is 0.309 e. The molecule has 0 N–H and O–H groups in total. The summed E-state index contributed by atoms with van der Waals surface area (Å²) in [6.45, 7) is 4.91. The van der Waals surface area contributed by atoms with Crippen molar-refractivity contribution in [2.45, 2.75) is 26.7 Å². The molecule has 4 aromatic rings. The Bertz CT molecular complexity index is 1220. The minimum Gasteiger partial charge on any atom is -0.309 e. The highest BCUT2D eigenvalue weighted by Crippen LogP contribution is 2.19. The van der Waals surface area contributed by atoms with Crippen LogP contribution < -0.4 is 5.56 Å². The van der Waals surface area contributed by atoms with Crippen LogP contribution >= 0.6 is 0 Å². The zero-order valence-electron chi connectivity index (χ0n) is 16.7. The monoisotopic (exact) mass is 376 g/mol. The summed E-state index contributed by atoms with van der Waals surface area (Å²) >= 11 is 0. The Morgan fingerprint density at radius 1 is 1.04 bits per heavy atom. The lowest BCUT2D eigenvalue weighted by Gasteiger charge is -2.09. The molecule has 144 valence electrons. The van der Waals surface area contributed by atoms with Gasteiger partial charge in [0.2, 0.25) is 0 Å². The van der Waals surface area contributed by atoms with Crippen LogP contribution in [0.2, 0.25) is 0 Å². The van der Waals surface area contributed by atoms with Crippen molar-refractivity contribution >= 4 is 11.2 Å². The number of nitrogens with zero attached hydrogens (tertiary/aromatic N) is 6. The fourth-order valence-corrected chi connectivity index (χ4v) is 3.44. The topological polar surface area (TPSA) is 67.8 Å². The third-order valence-electron chi connectivity index (χ3n) is 4.81. The average Bonchev–Trinajstić information content (AvgIpc) is 3.06. The van der Waals surface area contributed by atoms with E-state index in [1.165, 1.54) is 0 Å². The third-order valence-corrected chi connectivity index (χ3v) is 4.81. The first-order chi connectivity index (χ1) is 13.4. The molecule has 0 aliphatic heterocycles. The van der Waals surface area contributed by atoms with Gasteiger partial charge in [-0.1, -0.05) is 6.07 Å². The summed E-state index contributed by atoms with van der Waals surface area (Å²) in [5.74, 6) is 0. The summed E-state index contributed by atoms with van der Waals surface area (Å²) in [6, 6.07) is 7.43. The fourth-order valence-electron chi connectivity index (χ4n) is 3.44. The van der Waals surface area contributed by atoms with Crippen LogP contribution in [0, 0.1) is 13.8 Å². The lowest BCUT2D eigenvalue weighted by Crippen LogP contribution is -2.16. The lowest BCUT2D eigenvalue weighted by molar-refractivity contribution is 0.400. The molecule has 0 aliphatic rings. The van der Waals surface area contributed by atoms with E-state index in [1.807, 2.05) is 44.4 Å². The van der Waals surface area contributed by atoms with E-state index in [2.05, 4.69) is 34.1 Å². The SMILES string of the molecule is Cc1cn2nc(-c3cc(=O)n4cc(CCCN(C)C)ccc4n3)cc2c(C)n1. The Morgan fingerprint density at radius 3 is 2.64 bits per heavy atom. The maximum Gasteiger partial charge on any atom is 0.258 e. The lowest BCUT2D eigenvalue weighted by atomic mass is 10.1. The van der Waals surface area contributed by atoms with E-state index >= 15 is 0 Å². The van der Waals surface area contributed by atoms with Crippen molar-refractivity contribution in [3.8, 4) is 11.4 Å². The van der Waals surface area contributed by atoms with E-state index in [-0.39, 0.29) is 5.56 Å². The van der Waals surface area contributed by atoms with Crippen molar-refractivity contribution in [1.82, 2.24) is 28.9 Å². The summed E-state index contributed by atoms with van der Waals surface area (Å²) in [7, 11) is 4.13. The van der Waals surface area contributed by atoms with Crippen molar-refractivity contribution in [3.05, 3.63) is 64.0 Å². The smallest absolute Gasteiger partial charge is 0.258 e. The molecule has 7 heteroatoms. The Balaban J connectivity index is 1.71. The molecule has 0 aromatic carbocycles. The van der Waals surface area contributed by atoms with Gasteiger partial charge in [0.25, 0.3) is 5.56 Å². The molecule has 4 heterocycles. The summed E-state index contributed by atoms with van der Waals surface area (Å²) in [5, 5.41) is 4.59. The van der Waals surface area contributed by atoms with Crippen LogP contribution in [-0.4, -0.2) is 49.5 Å². The van der Waals surface area contributed by atoms with Crippen LogP contribution in [0.5, 0.6) is 0 Å². The first-order valence-electron chi connectivity index (χ1n) is 9.42. The molecule has 7 nitrogen and oxygen atoms in total. The van der Waals surface area contributed by atoms with Crippen LogP contribution in [0.15, 0.2) is 41.5 Å². The van der Waals surface area contributed by atoms with Gasteiger partial charge >= 0.3 is 0 Å². The second-order valence-electron chi connectivity index (χ2n) is 7.48. The van der Waals surface area contributed by atoms with Gasteiger partial charge in [0.05, 0.1) is 28.8 Å². The van der Waals surface area contributed by atoms with Crippen LogP contribution in [0.3, 0.4) is 0 Å². The van der Waals surface area contributed by atoms with E-state index < -0.39 is 0 Å². The molecule has 0 fully saturated rings. The Morgan fingerprint density at radius 2 is 1.86 bits per heavy atom. The van der Waals surface area contributed by atoms with Gasteiger partial charge < -0.3 is 4.90 Å². The molecule has 4 rings (SSSR count). The zero-order valence-corrected chi connectivity index (χ0v) is 16.7. The van der Waals surface area contributed by atoms with Crippen molar-refractivity contribution in [2.75, 3.05) is 20.6 Å². The van der Waals surface area contributed by atoms with Crippen LogP contribution in [0.25, 0.3) is 22.6 Å². The van der Waals surface area contributed by atoms with Gasteiger partial charge in [0.15, 0.2) is 0 Å². The normalized spacial score (nSPS) is 11.8. The number of pyridine rings is 1. The first kappa shape index (κ1) is 18.3. The first-order valence-corrected chi connectivity index (χ1v) is 9.42. The minimum absolute atomic E-state index is 0.0995. The molecular weight excluding hydrogens is 352 g/mol. The molecule has 0 radical (unpaired) electrons. The average molecular weight is 376 g/mol. The fraction of sp³-hybridized carbons (Fsp3) is 0.333. The van der Waals surface area contributed by atoms with Crippen LogP contribution in [0.1, 0.15) is 23.4 Å². The van der Waals surface area contributed by atoms with E-state index in [0.29, 0.717) is 17.0 Å². The second kappa shape index (κ2) is 7.16. The summed E-state index contributed by atoms with van der Waals surface area (Å²) in [4.78, 5) is 24.0. The van der Waals surface area contributed by atoms with E-state index in [9.17, 15) is 4.79 Å². The quantitative estimate of drug-likeness (QED) is 0.535. The standard InChI is InChI=1S/C21H24N6O/c1-14-12-27-19(15(2)22-14)10-18(24-27)17-11-21(28)26-13-16(6-5-9-25(3)4)7-8-20(26)23-17/h7-8,10-13H,5-6,9H2,1-4H3. The molecule has 0 bridgehead atoms. The molecule has 28 heavy (non-hydrogen) atoms. The van der Waals surface area contributed by atoms with Crippen molar-refractivity contribution in [2.24, 2.45) is 0 Å². The number of fused-ring (bicyclic) bond motifs is 2. The molecule has 0 saturated heterocycles. The molecular formula is C21H24N6O. The highest BCUT2D eigenvalue weighted by atomic mass is 16.1. The summed E-state index contributed by atoms with van der Waals surface area (Å²) in [5.41, 5.74) is 5.62. The van der Waals surface area contributed by atoms with E-state index in [1.54, 1.807) is 15.0 Å². The highest BCUT2D eigenvalue weighted by molar-refractivity contribution is 5.66. The maximum absolute atomic E-state index is 12.7. The Kier molecular flexibility index (Phi) is 4.68. The van der Waals surface area contributed by atoms with Gasteiger partial charge in [-0.2, -0.15) is 5.10 Å². The molecule has 0 amide bonds. The van der Waals surface area contributed by atoms with Crippen molar-refractivity contribution in [1.29, 1.82) is 0 Å². The highest BCUT2D eigenvalue weighted by Gasteiger charge is 2.11. The van der Waals surface area contributed by atoms with Gasteiger partial charge in [-0.15, -0.1) is 0 Å². The number of aromatic nitrogens is 5. The summed E-state index contributed by atoms with van der Waals surface area (Å²) < 4.78 is 3.41.